The van der Waals surface area contributed by atoms with Crippen molar-refractivity contribution in [3.8, 4) is 5.75 Å². The molecule has 0 amide bonds. The summed E-state index contributed by atoms with van der Waals surface area (Å²) in [7, 11) is -0.549. The summed E-state index contributed by atoms with van der Waals surface area (Å²) < 4.78 is 19.0. The van der Waals surface area contributed by atoms with Crippen molar-refractivity contribution in [3.63, 3.8) is 0 Å². The first kappa shape index (κ1) is 18.8. The van der Waals surface area contributed by atoms with Crippen molar-refractivity contribution in [1.29, 1.82) is 0 Å². The lowest BCUT2D eigenvalue weighted by Gasteiger charge is -2.32. The van der Waals surface area contributed by atoms with Crippen molar-refractivity contribution in [2.24, 2.45) is 0 Å². The van der Waals surface area contributed by atoms with Gasteiger partial charge in [0.15, 0.2) is 0 Å². The maximum atomic E-state index is 6.63. The van der Waals surface area contributed by atoms with Crippen LogP contribution < -0.4 is 10.2 Å². The van der Waals surface area contributed by atoms with Gasteiger partial charge in [-0.3, -0.25) is 0 Å². The summed E-state index contributed by atoms with van der Waals surface area (Å²) in [5.74, 6) is 0.610. The van der Waals surface area contributed by atoms with E-state index in [2.05, 4.69) is 15.9 Å². The molecule has 25 heavy (non-hydrogen) atoms. The molecule has 6 heteroatoms. The van der Waals surface area contributed by atoms with Crippen LogP contribution >= 0.6 is 27.5 Å². The number of halogens is 2. The van der Waals surface area contributed by atoms with Crippen LogP contribution in [0.4, 0.5) is 0 Å². The zero-order chi connectivity index (χ0) is 18.2. The Morgan fingerprint density at radius 1 is 1.00 bits per heavy atom. The molecule has 3 nitrogen and oxygen atoms in total. The normalized spacial score (nSPS) is 18.4. The molecule has 1 heterocycles. The van der Waals surface area contributed by atoms with E-state index in [0.29, 0.717) is 17.4 Å². The summed E-state index contributed by atoms with van der Waals surface area (Å²) in [5, 5.41) is 0.504. The van der Waals surface area contributed by atoms with E-state index in [9.17, 15) is 0 Å². The largest absolute Gasteiger partial charge is 0.497 e. The molecule has 2 aromatic carbocycles. The van der Waals surface area contributed by atoms with Gasteiger partial charge in [0.25, 0.3) is 0 Å². The zero-order valence-corrected chi connectivity index (χ0v) is 17.1. The van der Waals surface area contributed by atoms with Gasteiger partial charge < -0.3 is 14.0 Å². The molecule has 2 aromatic rings. The summed E-state index contributed by atoms with van der Waals surface area (Å²) in [6.07, 6.45) is 0. The van der Waals surface area contributed by atoms with E-state index in [4.69, 9.17) is 25.6 Å². The van der Waals surface area contributed by atoms with Gasteiger partial charge in [-0.25, -0.2) is 0 Å². The monoisotopic (exact) mass is 422 g/mol. The van der Waals surface area contributed by atoms with Gasteiger partial charge in [0, 0.05) is 9.94 Å². The van der Waals surface area contributed by atoms with Crippen LogP contribution in [0.5, 0.6) is 5.75 Å². The fraction of sp³-hybridized carbons (Fsp3) is 0.368. The summed E-state index contributed by atoms with van der Waals surface area (Å²) in [5.41, 5.74) is 0.979. The van der Waals surface area contributed by atoms with Crippen LogP contribution in [0, 0.1) is 0 Å². The highest BCUT2D eigenvalue weighted by Crippen LogP contribution is 2.39. The number of hydrogen-bond donors (Lipinski definition) is 0. The Balaban J connectivity index is 1.86. The number of ether oxygens (including phenoxy) is 1. The minimum absolute atomic E-state index is 0.429. The molecule has 132 valence electrons. The van der Waals surface area contributed by atoms with Gasteiger partial charge in [0.05, 0.1) is 16.2 Å². The Labute approximate surface area is 162 Å². The molecule has 0 aromatic heterocycles. The van der Waals surface area contributed by atoms with E-state index < -0.39 is 18.3 Å². The molecule has 0 bridgehead atoms. The molecule has 1 aliphatic heterocycles. The first-order valence-electron chi connectivity index (χ1n) is 8.21. The first-order chi connectivity index (χ1) is 11.7. The second-order valence-electron chi connectivity index (χ2n) is 7.14. The molecule has 0 saturated carbocycles. The summed E-state index contributed by atoms with van der Waals surface area (Å²) in [4.78, 5) is 0. The van der Waals surface area contributed by atoms with Gasteiger partial charge in [-0.05, 0) is 45.4 Å². The number of benzene rings is 2. The van der Waals surface area contributed by atoms with E-state index in [1.54, 1.807) is 0 Å². The minimum Gasteiger partial charge on any atom is -0.487 e. The third-order valence-electron chi connectivity index (χ3n) is 4.82. The maximum absolute atomic E-state index is 6.63. The van der Waals surface area contributed by atoms with E-state index in [-0.39, 0.29) is 0 Å². The highest BCUT2D eigenvalue weighted by molar-refractivity contribution is 9.10. The van der Waals surface area contributed by atoms with Crippen molar-refractivity contribution < 1.29 is 14.0 Å². The molecule has 1 aliphatic rings. The average Bonchev–Trinajstić information content (AvgIpc) is 2.75. The summed E-state index contributed by atoms with van der Waals surface area (Å²) in [6, 6.07) is 13.7. The van der Waals surface area contributed by atoms with Crippen LogP contribution in [0.15, 0.2) is 46.9 Å². The molecule has 0 unspecified atom stereocenters. The van der Waals surface area contributed by atoms with E-state index in [1.807, 2.05) is 70.2 Å². The van der Waals surface area contributed by atoms with Crippen molar-refractivity contribution in [2.75, 3.05) is 0 Å². The van der Waals surface area contributed by atoms with E-state index in [0.717, 1.165) is 15.5 Å². The second kappa shape index (κ2) is 6.95. The lowest BCUT2D eigenvalue weighted by Crippen LogP contribution is -2.41. The molecular weight excluding hydrogens is 402 g/mol. The van der Waals surface area contributed by atoms with Crippen molar-refractivity contribution in [3.05, 3.63) is 57.5 Å². The lowest BCUT2D eigenvalue weighted by molar-refractivity contribution is 0.00578. The Kier molecular flexibility index (Phi) is 5.22. The van der Waals surface area contributed by atoms with Gasteiger partial charge in [0.2, 0.25) is 0 Å². The first-order valence-corrected chi connectivity index (χ1v) is 9.38. The molecule has 0 atom stereocenters. The number of hydrogen-bond acceptors (Lipinski definition) is 3. The molecular formula is C19H21BBrClO3. The quantitative estimate of drug-likeness (QED) is 0.649. The van der Waals surface area contributed by atoms with Crippen LogP contribution in [0.2, 0.25) is 5.02 Å². The van der Waals surface area contributed by atoms with E-state index in [1.165, 1.54) is 0 Å². The molecule has 0 spiro atoms. The Morgan fingerprint density at radius 3 is 2.20 bits per heavy atom. The molecule has 1 fully saturated rings. The predicted molar refractivity (Wildman–Crippen MR) is 106 cm³/mol. The smallest absolute Gasteiger partial charge is 0.487 e. The fourth-order valence-corrected chi connectivity index (χ4v) is 3.51. The standard InChI is InChI=1S/C19H21BBrClO3/c1-18(2)19(3,4)25-20(24-18)16-14(21)10-11-15(17(16)22)23-12-13-8-6-5-7-9-13/h5-11H,12H2,1-4H3. The third-order valence-corrected chi connectivity index (χ3v) is 5.90. The Morgan fingerprint density at radius 2 is 1.60 bits per heavy atom. The summed E-state index contributed by atoms with van der Waals surface area (Å²) >= 11 is 10.2. The highest BCUT2D eigenvalue weighted by Gasteiger charge is 2.53. The van der Waals surface area contributed by atoms with Crippen molar-refractivity contribution >= 4 is 40.1 Å². The van der Waals surface area contributed by atoms with Gasteiger partial charge >= 0.3 is 7.12 Å². The van der Waals surface area contributed by atoms with Crippen LogP contribution in [-0.2, 0) is 15.9 Å². The van der Waals surface area contributed by atoms with Crippen molar-refractivity contribution in [2.45, 2.75) is 45.5 Å². The van der Waals surface area contributed by atoms with Gasteiger partial charge in [-0.1, -0.05) is 57.9 Å². The zero-order valence-electron chi connectivity index (χ0n) is 14.8. The molecule has 0 aliphatic carbocycles. The Hall–Kier alpha value is -1.01. The van der Waals surface area contributed by atoms with E-state index >= 15 is 0 Å². The molecule has 3 rings (SSSR count). The third kappa shape index (κ3) is 3.75. The SMILES string of the molecule is CC1(C)OB(c2c(Br)ccc(OCc3ccccc3)c2Cl)OC1(C)C. The van der Waals surface area contributed by atoms with Crippen molar-refractivity contribution in [1.82, 2.24) is 0 Å². The average molecular weight is 424 g/mol. The van der Waals surface area contributed by atoms with Crippen LogP contribution in [-0.4, -0.2) is 18.3 Å². The van der Waals surface area contributed by atoms with Crippen LogP contribution in [0.1, 0.15) is 33.3 Å². The molecule has 0 radical (unpaired) electrons. The number of rotatable bonds is 4. The molecule has 0 N–H and O–H groups in total. The second-order valence-corrected chi connectivity index (χ2v) is 8.37. The van der Waals surface area contributed by atoms with Gasteiger partial charge in [-0.2, -0.15) is 0 Å². The topological polar surface area (TPSA) is 27.7 Å². The predicted octanol–water partition coefficient (Wildman–Crippen LogP) is 4.98. The van der Waals surface area contributed by atoms with Gasteiger partial charge in [0.1, 0.15) is 12.4 Å². The fourth-order valence-electron chi connectivity index (χ4n) is 2.57. The highest BCUT2D eigenvalue weighted by atomic mass is 79.9. The van der Waals surface area contributed by atoms with Crippen LogP contribution in [0.25, 0.3) is 0 Å². The Bertz CT molecular complexity index is 749. The minimum atomic E-state index is -0.549. The van der Waals surface area contributed by atoms with Crippen LogP contribution in [0.3, 0.4) is 0 Å². The molecule has 1 saturated heterocycles. The lowest BCUT2D eigenvalue weighted by atomic mass is 9.79. The summed E-state index contributed by atoms with van der Waals surface area (Å²) in [6.45, 7) is 8.52. The maximum Gasteiger partial charge on any atom is 0.497 e. The van der Waals surface area contributed by atoms with Gasteiger partial charge in [-0.15, -0.1) is 0 Å².